The largest absolute Gasteiger partial charge is 0.322 e. The second kappa shape index (κ2) is 6.94. The first-order chi connectivity index (χ1) is 10.4. The van der Waals surface area contributed by atoms with Crippen LogP contribution in [0.15, 0.2) is 24.3 Å². The monoisotopic (exact) mass is 320 g/mol. The highest BCUT2D eigenvalue weighted by molar-refractivity contribution is 6.30. The van der Waals surface area contributed by atoms with Crippen LogP contribution in [0.3, 0.4) is 0 Å². The number of aryl methyl sites for hydroxylation is 2. The smallest absolute Gasteiger partial charge is 0.238 e. The molecule has 1 heterocycles. The van der Waals surface area contributed by atoms with Crippen molar-refractivity contribution in [2.75, 3.05) is 11.9 Å². The van der Waals surface area contributed by atoms with Gasteiger partial charge in [-0.1, -0.05) is 23.7 Å². The quantitative estimate of drug-likeness (QED) is 0.890. The summed E-state index contributed by atoms with van der Waals surface area (Å²) in [6.07, 6.45) is 0. The fraction of sp³-hybridized carbons (Fsp3) is 0.375. The summed E-state index contributed by atoms with van der Waals surface area (Å²) >= 11 is 5.98. The predicted molar refractivity (Wildman–Crippen MR) is 89.2 cm³/mol. The summed E-state index contributed by atoms with van der Waals surface area (Å²) in [5.41, 5.74) is 3.59. The number of carbonyl (C=O) groups is 1. The van der Waals surface area contributed by atoms with Crippen LogP contribution in [0.4, 0.5) is 5.69 Å². The fourth-order valence-electron chi connectivity index (χ4n) is 2.28. The number of hydrogen-bond acceptors (Lipinski definition) is 3. The number of rotatable bonds is 5. The minimum Gasteiger partial charge on any atom is -0.322 e. The van der Waals surface area contributed by atoms with Crippen molar-refractivity contribution in [1.82, 2.24) is 15.1 Å². The van der Waals surface area contributed by atoms with E-state index in [0.717, 1.165) is 22.6 Å². The van der Waals surface area contributed by atoms with Gasteiger partial charge in [0.25, 0.3) is 0 Å². The molecule has 1 aromatic carbocycles. The first-order valence-corrected chi connectivity index (χ1v) is 7.55. The maximum atomic E-state index is 12.1. The van der Waals surface area contributed by atoms with Crippen LogP contribution in [0.25, 0.3) is 0 Å². The summed E-state index contributed by atoms with van der Waals surface area (Å²) in [4.78, 5) is 12.1. The van der Waals surface area contributed by atoms with Gasteiger partial charge in [-0.15, -0.1) is 0 Å². The van der Waals surface area contributed by atoms with Crippen LogP contribution in [0, 0.1) is 13.8 Å². The number of nitrogens with zero attached hydrogens (tertiary/aromatic N) is 2. The van der Waals surface area contributed by atoms with Gasteiger partial charge in [0, 0.05) is 18.1 Å². The van der Waals surface area contributed by atoms with Crippen LogP contribution in [0.5, 0.6) is 0 Å². The van der Waals surface area contributed by atoms with Crippen molar-refractivity contribution in [2.45, 2.75) is 26.8 Å². The molecule has 1 aromatic heterocycles. The van der Waals surface area contributed by atoms with E-state index in [2.05, 4.69) is 15.7 Å². The van der Waals surface area contributed by atoms with E-state index >= 15 is 0 Å². The molecule has 5 nitrogen and oxygen atoms in total. The molecule has 0 bridgehead atoms. The molecule has 0 aliphatic rings. The van der Waals surface area contributed by atoms with E-state index in [1.807, 2.05) is 52.1 Å². The van der Waals surface area contributed by atoms with Gasteiger partial charge in [-0.05, 0) is 38.5 Å². The Balaban J connectivity index is 1.93. The second-order valence-electron chi connectivity index (χ2n) is 5.38. The summed E-state index contributed by atoms with van der Waals surface area (Å²) in [6.45, 7) is 6.03. The van der Waals surface area contributed by atoms with E-state index < -0.39 is 0 Å². The zero-order valence-electron chi connectivity index (χ0n) is 13.3. The Kier molecular flexibility index (Phi) is 5.21. The van der Waals surface area contributed by atoms with Crippen molar-refractivity contribution >= 4 is 23.2 Å². The number of benzene rings is 1. The fourth-order valence-corrected chi connectivity index (χ4v) is 2.48. The predicted octanol–water partition coefficient (Wildman–Crippen LogP) is 2.98. The van der Waals surface area contributed by atoms with Gasteiger partial charge in [-0.3, -0.25) is 9.48 Å². The van der Waals surface area contributed by atoms with E-state index in [9.17, 15) is 4.79 Å². The van der Waals surface area contributed by atoms with E-state index in [1.165, 1.54) is 0 Å². The highest BCUT2D eigenvalue weighted by Gasteiger charge is 2.13. The number of carbonyl (C=O) groups excluding carboxylic acids is 1. The lowest BCUT2D eigenvalue weighted by molar-refractivity contribution is -0.115. The maximum Gasteiger partial charge on any atom is 0.238 e. The van der Waals surface area contributed by atoms with Gasteiger partial charge in [0.1, 0.15) is 0 Å². The number of aromatic nitrogens is 2. The summed E-state index contributed by atoms with van der Waals surface area (Å²) in [5, 5.41) is 11.1. The maximum absolute atomic E-state index is 12.1. The van der Waals surface area contributed by atoms with Gasteiger partial charge in [-0.2, -0.15) is 5.10 Å². The minimum absolute atomic E-state index is 0.0422. The van der Waals surface area contributed by atoms with Gasteiger partial charge in [0.2, 0.25) is 5.91 Å². The lowest BCUT2D eigenvalue weighted by atomic mass is 10.1. The number of amides is 1. The molecule has 0 unspecified atom stereocenters. The minimum atomic E-state index is -0.0897. The Morgan fingerprint density at radius 1 is 1.41 bits per heavy atom. The SMILES string of the molecule is Cc1nn(C)c(C)c1NC(=O)CN[C@H](C)c1cccc(Cl)c1. The molecular formula is C16H21ClN4O. The van der Waals surface area contributed by atoms with Crippen LogP contribution in [0.1, 0.15) is 29.9 Å². The lowest BCUT2D eigenvalue weighted by Crippen LogP contribution is -2.30. The molecule has 0 saturated carbocycles. The molecule has 2 N–H and O–H groups in total. The first-order valence-electron chi connectivity index (χ1n) is 7.17. The Morgan fingerprint density at radius 3 is 2.73 bits per heavy atom. The molecule has 0 radical (unpaired) electrons. The van der Waals surface area contributed by atoms with Crippen molar-refractivity contribution in [3.05, 3.63) is 46.2 Å². The number of halogens is 1. The van der Waals surface area contributed by atoms with E-state index in [-0.39, 0.29) is 18.5 Å². The first kappa shape index (κ1) is 16.5. The van der Waals surface area contributed by atoms with Gasteiger partial charge < -0.3 is 10.6 Å². The summed E-state index contributed by atoms with van der Waals surface area (Å²) in [7, 11) is 1.86. The average Bonchev–Trinajstić information content (AvgIpc) is 2.71. The van der Waals surface area contributed by atoms with E-state index in [4.69, 9.17) is 11.6 Å². The Morgan fingerprint density at radius 2 is 2.14 bits per heavy atom. The van der Waals surface area contributed by atoms with E-state index in [1.54, 1.807) is 4.68 Å². The molecule has 2 aromatic rings. The highest BCUT2D eigenvalue weighted by atomic mass is 35.5. The molecule has 0 fully saturated rings. The number of anilines is 1. The molecular weight excluding hydrogens is 300 g/mol. The van der Waals surface area contributed by atoms with Crippen LogP contribution in [-0.2, 0) is 11.8 Å². The third-order valence-electron chi connectivity index (χ3n) is 3.69. The van der Waals surface area contributed by atoms with Crippen molar-refractivity contribution in [3.8, 4) is 0 Å². The molecule has 2 rings (SSSR count). The number of hydrogen-bond donors (Lipinski definition) is 2. The summed E-state index contributed by atoms with van der Waals surface area (Å²) in [6, 6.07) is 7.65. The van der Waals surface area contributed by atoms with Gasteiger partial charge in [0.15, 0.2) is 0 Å². The van der Waals surface area contributed by atoms with E-state index in [0.29, 0.717) is 5.02 Å². The standard InChI is InChI=1S/C16H21ClN4O/c1-10(13-6-5-7-14(17)8-13)18-9-15(22)19-16-11(2)20-21(4)12(16)3/h5-8,10,18H,9H2,1-4H3,(H,19,22)/t10-/m1/s1. The van der Waals surface area contributed by atoms with Gasteiger partial charge >= 0.3 is 0 Å². The topological polar surface area (TPSA) is 59.0 Å². The van der Waals surface area contributed by atoms with Crippen LogP contribution >= 0.6 is 11.6 Å². The Bertz CT molecular complexity index is 681. The van der Waals surface area contributed by atoms with Crippen molar-refractivity contribution in [2.24, 2.45) is 7.05 Å². The molecule has 0 aliphatic carbocycles. The zero-order chi connectivity index (χ0) is 16.3. The number of nitrogens with one attached hydrogen (secondary N) is 2. The normalized spacial score (nSPS) is 12.2. The molecule has 22 heavy (non-hydrogen) atoms. The molecule has 1 atom stereocenters. The van der Waals surface area contributed by atoms with Crippen molar-refractivity contribution in [1.29, 1.82) is 0 Å². The van der Waals surface area contributed by atoms with Crippen molar-refractivity contribution in [3.63, 3.8) is 0 Å². The average molecular weight is 321 g/mol. The zero-order valence-corrected chi connectivity index (χ0v) is 14.0. The molecule has 0 aliphatic heterocycles. The summed E-state index contributed by atoms with van der Waals surface area (Å²) in [5.74, 6) is -0.0897. The lowest BCUT2D eigenvalue weighted by Gasteiger charge is -2.14. The molecule has 1 amide bonds. The van der Waals surface area contributed by atoms with Gasteiger partial charge in [0.05, 0.1) is 23.6 Å². The summed E-state index contributed by atoms with van der Waals surface area (Å²) < 4.78 is 1.76. The Hall–Kier alpha value is -1.85. The van der Waals surface area contributed by atoms with Crippen LogP contribution in [-0.4, -0.2) is 22.2 Å². The van der Waals surface area contributed by atoms with Crippen LogP contribution in [0.2, 0.25) is 5.02 Å². The molecule has 118 valence electrons. The van der Waals surface area contributed by atoms with Crippen molar-refractivity contribution < 1.29 is 4.79 Å². The molecule has 0 saturated heterocycles. The van der Waals surface area contributed by atoms with Gasteiger partial charge in [-0.25, -0.2) is 0 Å². The highest BCUT2D eigenvalue weighted by Crippen LogP contribution is 2.19. The third kappa shape index (κ3) is 3.87. The van der Waals surface area contributed by atoms with Crippen LogP contribution < -0.4 is 10.6 Å². The molecule has 0 spiro atoms. The second-order valence-corrected chi connectivity index (χ2v) is 5.81. The molecule has 6 heteroatoms. The Labute approximate surface area is 135 Å². The third-order valence-corrected chi connectivity index (χ3v) is 3.93.